The highest BCUT2D eigenvalue weighted by molar-refractivity contribution is 7.80. The zero-order valence-corrected chi connectivity index (χ0v) is 10.6. The minimum atomic E-state index is 0.584. The van der Waals surface area contributed by atoms with Crippen LogP contribution in [-0.2, 0) is 0 Å². The number of thiol groups is 1. The topological polar surface area (TPSA) is 12.5 Å². The molecule has 0 heterocycles. The number of likely N-dealkylation sites (N-methyl/N-ethyl adjacent to an activating group) is 1. The fourth-order valence-electron chi connectivity index (χ4n) is 1.12. The Kier molecular flexibility index (Phi) is 5.84. The van der Waals surface area contributed by atoms with Gasteiger partial charge in [-0.25, -0.2) is 0 Å². The van der Waals surface area contributed by atoms with Crippen molar-refractivity contribution < 1.29 is 4.74 Å². The summed E-state index contributed by atoms with van der Waals surface area (Å²) in [7, 11) is 4.05. The van der Waals surface area contributed by atoms with E-state index in [0.717, 1.165) is 17.9 Å². The molecule has 0 spiro atoms. The summed E-state index contributed by atoms with van der Waals surface area (Å²) in [6.07, 6.45) is 0. The van der Waals surface area contributed by atoms with Gasteiger partial charge < -0.3 is 9.64 Å². The first-order valence-electron chi connectivity index (χ1n) is 5.19. The summed E-state index contributed by atoms with van der Waals surface area (Å²) in [6, 6.07) is 7.80. The van der Waals surface area contributed by atoms with Crippen molar-refractivity contribution in [2.75, 3.05) is 33.0 Å². The Morgan fingerprint density at radius 1 is 1.25 bits per heavy atom. The molecule has 0 fully saturated rings. The van der Waals surface area contributed by atoms with Crippen molar-refractivity contribution >= 4 is 12.6 Å². The highest BCUT2D eigenvalue weighted by Gasteiger charge is 1.94. The van der Waals surface area contributed by atoms with Crippen LogP contribution in [0, 0.1) is 11.8 Å². The second-order valence-corrected chi connectivity index (χ2v) is 3.95. The predicted octanol–water partition coefficient (Wildman–Crippen LogP) is 1.91. The predicted molar refractivity (Wildman–Crippen MR) is 71.2 cm³/mol. The van der Waals surface area contributed by atoms with Gasteiger partial charge in [0.05, 0.1) is 5.75 Å². The number of nitrogens with zero attached hydrogens (tertiary/aromatic N) is 1. The van der Waals surface area contributed by atoms with Crippen LogP contribution in [0.1, 0.15) is 5.56 Å². The minimum absolute atomic E-state index is 0.584. The van der Waals surface area contributed by atoms with Crippen LogP contribution >= 0.6 is 12.6 Å². The molecule has 0 N–H and O–H groups in total. The van der Waals surface area contributed by atoms with Gasteiger partial charge in [0.1, 0.15) is 12.4 Å². The van der Waals surface area contributed by atoms with E-state index in [1.807, 2.05) is 38.4 Å². The maximum Gasteiger partial charge on any atom is 0.119 e. The van der Waals surface area contributed by atoms with Crippen LogP contribution in [0.3, 0.4) is 0 Å². The number of hydrogen-bond acceptors (Lipinski definition) is 3. The first-order valence-corrected chi connectivity index (χ1v) is 5.83. The summed E-state index contributed by atoms with van der Waals surface area (Å²) in [5.41, 5.74) is 0.994. The van der Waals surface area contributed by atoms with Gasteiger partial charge in [-0.2, -0.15) is 12.6 Å². The molecule has 0 radical (unpaired) electrons. The summed E-state index contributed by atoms with van der Waals surface area (Å²) in [5, 5.41) is 0. The average Bonchev–Trinajstić information content (AvgIpc) is 2.27. The van der Waals surface area contributed by atoms with Gasteiger partial charge in [0.15, 0.2) is 0 Å². The molecular weight excluding hydrogens is 218 g/mol. The van der Waals surface area contributed by atoms with E-state index >= 15 is 0 Å². The van der Waals surface area contributed by atoms with Gasteiger partial charge in [-0.3, -0.25) is 0 Å². The van der Waals surface area contributed by atoms with Crippen LogP contribution in [0.2, 0.25) is 0 Å². The van der Waals surface area contributed by atoms with Crippen molar-refractivity contribution in [2.45, 2.75) is 0 Å². The molecule has 1 rings (SSSR count). The first-order chi connectivity index (χ1) is 7.72. The molecule has 0 saturated carbocycles. The Hall–Kier alpha value is -1.11. The molecule has 0 saturated heterocycles. The van der Waals surface area contributed by atoms with Crippen LogP contribution in [0.4, 0.5) is 0 Å². The largest absolute Gasteiger partial charge is 0.492 e. The van der Waals surface area contributed by atoms with E-state index < -0.39 is 0 Å². The van der Waals surface area contributed by atoms with Crippen LogP contribution < -0.4 is 4.74 Å². The lowest BCUT2D eigenvalue weighted by atomic mass is 10.2. The lowest BCUT2D eigenvalue weighted by Gasteiger charge is -2.10. The summed E-state index contributed by atoms with van der Waals surface area (Å²) >= 11 is 4.03. The molecule has 0 aliphatic carbocycles. The number of ether oxygens (including phenoxy) is 1. The lowest BCUT2D eigenvalue weighted by molar-refractivity contribution is 0.261. The average molecular weight is 235 g/mol. The Morgan fingerprint density at radius 3 is 2.50 bits per heavy atom. The zero-order chi connectivity index (χ0) is 11.8. The van der Waals surface area contributed by atoms with Crippen LogP contribution in [0.5, 0.6) is 5.75 Å². The highest BCUT2D eigenvalue weighted by Crippen LogP contribution is 2.11. The molecule has 2 nitrogen and oxygen atoms in total. The van der Waals surface area contributed by atoms with Crippen LogP contribution in [0.15, 0.2) is 24.3 Å². The standard InChI is InChI=1S/C13H17NOS/c1-14(2)9-10-15-13-7-5-12(6-8-13)4-3-11-16/h5-8,16H,9-11H2,1-2H3. The van der Waals surface area contributed by atoms with E-state index in [1.165, 1.54) is 0 Å². The maximum absolute atomic E-state index is 5.57. The molecule has 16 heavy (non-hydrogen) atoms. The smallest absolute Gasteiger partial charge is 0.119 e. The van der Waals surface area contributed by atoms with Crippen LogP contribution in [0.25, 0.3) is 0 Å². The molecule has 0 unspecified atom stereocenters. The molecule has 0 aliphatic rings. The van der Waals surface area contributed by atoms with E-state index in [2.05, 4.69) is 29.4 Å². The van der Waals surface area contributed by atoms with Gasteiger partial charge >= 0.3 is 0 Å². The minimum Gasteiger partial charge on any atom is -0.492 e. The molecule has 0 atom stereocenters. The molecule has 1 aromatic rings. The van der Waals surface area contributed by atoms with Gasteiger partial charge in [0.25, 0.3) is 0 Å². The molecule has 86 valence electrons. The van der Waals surface area contributed by atoms with E-state index in [1.54, 1.807) is 0 Å². The number of hydrogen-bond donors (Lipinski definition) is 1. The zero-order valence-electron chi connectivity index (χ0n) is 9.73. The maximum atomic E-state index is 5.57. The highest BCUT2D eigenvalue weighted by atomic mass is 32.1. The fourth-order valence-corrected chi connectivity index (χ4v) is 1.20. The van der Waals surface area contributed by atoms with Crippen molar-refractivity contribution in [3.05, 3.63) is 29.8 Å². The first kappa shape index (κ1) is 13.0. The Balaban J connectivity index is 2.45. The SMILES string of the molecule is CN(C)CCOc1ccc(C#CCS)cc1. The van der Waals surface area contributed by atoms with Crippen molar-refractivity contribution in [3.8, 4) is 17.6 Å². The molecular formula is C13H17NOS. The van der Waals surface area contributed by atoms with Gasteiger partial charge in [-0.05, 0) is 38.4 Å². The van der Waals surface area contributed by atoms with Crippen molar-refractivity contribution in [1.29, 1.82) is 0 Å². The normalized spacial score (nSPS) is 9.75. The molecule has 3 heteroatoms. The van der Waals surface area contributed by atoms with Gasteiger partial charge in [0, 0.05) is 12.1 Å². The van der Waals surface area contributed by atoms with Gasteiger partial charge in [-0.15, -0.1) is 0 Å². The summed E-state index contributed by atoms with van der Waals surface area (Å²) < 4.78 is 5.57. The molecule has 0 amide bonds. The van der Waals surface area contributed by atoms with Crippen LogP contribution in [-0.4, -0.2) is 37.9 Å². The van der Waals surface area contributed by atoms with E-state index in [0.29, 0.717) is 12.4 Å². The molecule has 0 aromatic heterocycles. The second-order valence-electron chi connectivity index (χ2n) is 3.64. The van der Waals surface area contributed by atoms with Crippen molar-refractivity contribution in [3.63, 3.8) is 0 Å². The van der Waals surface area contributed by atoms with Gasteiger partial charge in [0.2, 0.25) is 0 Å². The Labute approximate surface area is 103 Å². The Bertz CT molecular complexity index is 362. The third-order valence-electron chi connectivity index (χ3n) is 1.97. The van der Waals surface area contributed by atoms with Gasteiger partial charge in [-0.1, -0.05) is 11.8 Å². The second kappa shape index (κ2) is 7.21. The van der Waals surface area contributed by atoms with E-state index in [9.17, 15) is 0 Å². The molecule has 0 aliphatic heterocycles. The summed E-state index contributed by atoms with van der Waals surface area (Å²) in [6.45, 7) is 1.62. The summed E-state index contributed by atoms with van der Waals surface area (Å²) in [4.78, 5) is 2.09. The van der Waals surface area contributed by atoms with E-state index in [-0.39, 0.29) is 0 Å². The number of rotatable bonds is 4. The number of benzene rings is 1. The fraction of sp³-hybridized carbons (Fsp3) is 0.385. The molecule has 1 aromatic carbocycles. The van der Waals surface area contributed by atoms with Crippen molar-refractivity contribution in [2.24, 2.45) is 0 Å². The Morgan fingerprint density at radius 2 is 1.94 bits per heavy atom. The summed E-state index contributed by atoms with van der Waals surface area (Å²) in [5.74, 6) is 7.39. The lowest BCUT2D eigenvalue weighted by Crippen LogP contribution is -2.19. The third kappa shape index (κ3) is 5.11. The quantitative estimate of drug-likeness (QED) is 0.632. The monoisotopic (exact) mass is 235 g/mol. The third-order valence-corrected chi connectivity index (χ3v) is 2.13. The molecule has 0 bridgehead atoms. The van der Waals surface area contributed by atoms with E-state index in [4.69, 9.17) is 4.74 Å². The van der Waals surface area contributed by atoms with Crippen molar-refractivity contribution in [1.82, 2.24) is 4.90 Å².